The molecule has 0 amide bonds. The molecule has 34 heavy (non-hydrogen) atoms. The molecule has 0 saturated carbocycles. The number of hydrogen-bond acceptors (Lipinski definition) is 3. The normalized spacial score (nSPS) is 24.9. The molecule has 2 aromatic rings. The van der Waals surface area contributed by atoms with E-state index in [1.807, 2.05) is 23.9 Å². The van der Waals surface area contributed by atoms with Crippen molar-refractivity contribution in [3.63, 3.8) is 0 Å². The Hall–Kier alpha value is -2.07. The van der Waals surface area contributed by atoms with E-state index in [1.54, 1.807) is 0 Å². The van der Waals surface area contributed by atoms with Gasteiger partial charge in [0.25, 0.3) is 0 Å². The van der Waals surface area contributed by atoms with Crippen LogP contribution in [0.2, 0.25) is 0 Å². The van der Waals surface area contributed by atoms with Crippen LogP contribution in [-0.2, 0) is 22.3 Å². The van der Waals surface area contributed by atoms with Gasteiger partial charge in [-0.1, -0.05) is 93.6 Å². The summed E-state index contributed by atoms with van der Waals surface area (Å²) in [5, 5.41) is 0.750. The third-order valence-electron chi connectivity index (χ3n) is 6.60. The summed E-state index contributed by atoms with van der Waals surface area (Å²) >= 11 is 2.04. The lowest BCUT2D eigenvalue weighted by Crippen LogP contribution is -2.48. The topological polar surface area (TPSA) is 18.5 Å². The summed E-state index contributed by atoms with van der Waals surface area (Å²) in [5.41, 5.74) is 5.25. The minimum atomic E-state index is -0.0244. The Labute approximate surface area is 211 Å². The van der Waals surface area contributed by atoms with E-state index < -0.39 is 0 Å². The number of benzene rings is 2. The lowest BCUT2D eigenvalue weighted by atomic mass is 9.89. The molecule has 0 aromatic heterocycles. The van der Waals surface area contributed by atoms with Gasteiger partial charge in [-0.2, -0.15) is 0 Å². The molecular formula is C31H40O2S. The van der Waals surface area contributed by atoms with Gasteiger partial charge in [-0.25, -0.2) is 0 Å². The zero-order valence-corrected chi connectivity index (χ0v) is 21.8. The van der Waals surface area contributed by atoms with Crippen LogP contribution in [0.5, 0.6) is 0 Å². The Morgan fingerprint density at radius 2 is 1.62 bits per heavy atom. The summed E-state index contributed by atoms with van der Waals surface area (Å²) in [7, 11) is 0. The molecule has 0 bridgehead atoms. The van der Waals surface area contributed by atoms with E-state index in [4.69, 9.17) is 9.47 Å². The Morgan fingerprint density at radius 1 is 0.912 bits per heavy atom. The molecule has 1 aliphatic heterocycles. The Kier molecular flexibility index (Phi) is 10.7. The molecule has 1 heterocycles. The molecule has 2 aromatic carbocycles. The van der Waals surface area contributed by atoms with Gasteiger partial charge in [0.15, 0.2) is 0 Å². The van der Waals surface area contributed by atoms with Gasteiger partial charge >= 0.3 is 0 Å². The Morgan fingerprint density at radius 3 is 2.26 bits per heavy atom. The van der Waals surface area contributed by atoms with Crippen molar-refractivity contribution in [3.8, 4) is 0 Å². The lowest BCUT2D eigenvalue weighted by molar-refractivity contribution is -0.0874. The smallest absolute Gasteiger partial charge is 0.100 e. The molecule has 0 unspecified atom stereocenters. The first-order valence-corrected chi connectivity index (χ1v) is 13.5. The van der Waals surface area contributed by atoms with Gasteiger partial charge in [-0.15, -0.1) is 24.9 Å². The third kappa shape index (κ3) is 6.97. The molecule has 2 nitrogen and oxygen atoms in total. The maximum absolute atomic E-state index is 6.36. The standard InChI is InChI=1S/C31H40O2S/c1-6-20-32-29-23(5)28(9-4)34-31(30(29)33-21-7-2)27-15-11-14-26(22-27)13-10-12-25-18-16-24(8-3)17-19-25/h6-7,10-12,14-19,22-23,28-31H,1-2,8-9,13,20-21H2,3-5H3/t23-,28-,29+,30-,31+/m1/s1. The summed E-state index contributed by atoms with van der Waals surface area (Å²) in [6, 6.07) is 17.8. The van der Waals surface area contributed by atoms with Crippen molar-refractivity contribution in [2.24, 2.45) is 5.92 Å². The van der Waals surface area contributed by atoms with Gasteiger partial charge in [0.05, 0.1) is 24.6 Å². The van der Waals surface area contributed by atoms with E-state index in [1.165, 1.54) is 22.3 Å². The second-order valence-corrected chi connectivity index (χ2v) is 10.4. The van der Waals surface area contributed by atoms with E-state index >= 15 is 0 Å². The molecule has 0 radical (unpaired) electrons. The highest BCUT2D eigenvalue weighted by Crippen LogP contribution is 2.48. The molecule has 0 spiro atoms. The third-order valence-corrected chi connectivity index (χ3v) is 8.54. The Bertz CT molecular complexity index is 933. The maximum atomic E-state index is 6.36. The molecule has 1 aliphatic rings. The summed E-state index contributed by atoms with van der Waals surface area (Å²) in [6.45, 7) is 15.5. The van der Waals surface area contributed by atoms with Gasteiger partial charge in [0.1, 0.15) is 6.10 Å². The minimum Gasteiger partial charge on any atom is -0.371 e. The minimum absolute atomic E-state index is 0.0244. The number of allylic oxidation sites excluding steroid dienone is 1. The van der Waals surface area contributed by atoms with Gasteiger partial charge in [-0.05, 0) is 47.4 Å². The van der Waals surface area contributed by atoms with Crippen molar-refractivity contribution in [3.05, 3.63) is 102 Å². The fraction of sp³-hybridized carbons (Fsp3) is 0.419. The van der Waals surface area contributed by atoms with Gasteiger partial charge in [-0.3, -0.25) is 0 Å². The van der Waals surface area contributed by atoms with E-state index in [0.29, 0.717) is 24.4 Å². The highest BCUT2D eigenvalue weighted by atomic mass is 32.2. The SMILES string of the molecule is C=CCO[C@@H]1[C@@H](OCC=C)[C@H](C)[C@@H](CC)S[C@H]1c1cccc(CC=Cc2ccc(CC)cc2)c1. The van der Waals surface area contributed by atoms with Crippen LogP contribution in [-0.4, -0.2) is 30.7 Å². The number of thioether (sulfide) groups is 1. The zero-order valence-electron chi connectivity index (χ0n) is 21.0. The number of ether oxygens (including phenoxy) is 2. The highest BCUT2D eigenvalue weighted by molar-refractivity contribution is 8.00. The quantitative estimate of drug-likeness (QED) is 0.291. The average molecular weight is 477 g/mol. The van der Waals surface area contributed by atoms with Crippen LogP contribution < -0.4 is 0 Å². The van der Waals surface area contributed by atoms with Crippen molar-refractivity contribution in [2.45, 2.75) is 62.7 Å². The van der Waals surface area contributed by atoms with Crippen LogP contribution in [0.4, 0.5) is 0 Å². The van der Waals surface area contributed by atoms with Crippen LogP contribution in [0.3, 0.4) is 0 Å². The average Bonchev–Trinajstić information content (AvgIpc) is 2.87. The van der Waals surface area contributed by atoms with E-state index in [2.05, 4.69) is 94.6 Å². The van der Waals surface area contributed by atoms with E-state index in [9.17, 15) is 0 Å². The largest absolute Gasteiger partial charge is 0.371 e. The molecule has 3 heteroatoms. The number of hydrogen-bond donors (Lipinski definition) is 0. The highest BCUT2D eigenvalue weighted by Gasteiger charge is 2.44. The first-order chi connectivity index (χ1) is 16.6. The number of rotatable bonds is 12. The molecular weight excluding hydrogens is 436 g/mol. The predicted molar refractivity (Wildman–Crippen MR) is 148 cm³/mol. The fourth-order valence-corrected chi connectivity index (χ4v) is 6.35. The monoisotopic (exact) mass is 476 g/mol. The zero-order chi connectivity index (χ0) is 24.3. The molecule has 1 saturated heterocycles. The fourth-order valence-electron chi connectivity index (χ4n) is 4.69. The number of aryl methyl sites for hydroxylation is 1. The van der Waals surface area contributed by atoms with Crippen LogP contribution >= 0.6 is 11.8 Å². The molecule has 0 N–H and O–H groups in total. The first-order valence-electron chi connectivity index (χ1n) is 12.6. The van der Waals surface area contributed by atoms with Crippen molar-refractivity contribution < 1.29 is 9.47 Å². The second kappa shape index (κ2) is 13.7. The van der Waals surface area contributed by atoms with Crippen LogP contribution in [0, 0.1) is 5.92 Å². The summed E-state index contributed by atoms with van der Waals surface area (Å²) in [5.74, 6) is 0.409. The first kappa shape index (κ1) is 26.5. The van der Waals surface area contributed by atoms with Crippen molar-refractivity contribution in [1.82, 2.24) is 0 Å². The predicted octanol–water partition coefficient (Wildman–Crippen LogP) is 7.85. The molecule has 0 aliphatic carbocycles. The van der Waals surface area contributed by atoms with Gasteiger partial charge in [0, 0.05) is 5.25 Å². The lowest BCUT2D eigenvalue weighted by Gasteiger charge is -2.45. The molecule has 5 atom stereocenters. The summed E-state index contributed by atoms with van der Waals surface area (Å²) in [6.07, 6.45) is 11.2. The maximum Gasteiger partial charge on any atom is 0.100 e. The van der Waals surface area contributed by atoms with Crippen molar-refractivity contribution in [1.29, 1.82) is 0 Å². The van der Waals surface area contributed by atoms with Crippen LogP contribution in [0.1, 0.15) is 54.7 Å². The van der Waals surface area contributed by atoms with Crippen molar-refractivity contribution in [2.75, 3.05) is 13.2 Å². The molecule has 3 rings (SSSR count). The van der Waals surface area contributed by atoms with Crippen LogP contribution in [0.25, 0.3) is 6.08 Å². The molecule has 1 fully saturated rings. The Balaban J connectivity index is 1.80. The summed E-state index contributed by atoms with van der Waals surface area (Å²) < 4.78 is 12.7. The summed E-state index contributed by atoms with van der Waals surface area (Å²) in [4.78, 5) is 0. The van der Waals surface area contributed by atoms with E-state index in [-0.39, 0.29) is 17.5 Å². The van der Waals surface area contributed by atoms with Gasteiger partial charge < -0.3 is 9.47 Å². The second-order valence-electron chi connectivity index (χ2n) is 8.98. The van der Waals surface area contributed by atoms with Gasteiger partial charge in [0.2, 0.25) is 0 Å². The van der Waals surface area contributed by atoms with E-state index in [0.717, 1.165) is 19.3 Å². The van der Waals surface area contributed by atoms with Crippen LogP contribution in [0.15, 0.2) is 79.9 Å². The molecule has 182 valence electrons. The van der Waals surface area contributed by atoms with Crippen molar-refractivity contribution >= 4 is 17.8 Å².